The molecule has 0 spiro atoms. The molecule has 2 aromatic rings. The van der Waals surface area contributed by atoms with Crippen molar-refractivity contribution in [2.45, 2.75) is 26.4 Å². The maximum atomic E-state index is 12.5. The lowest BCUT2D eigenvalue weighted by molar-refractivity contribution is 0.0635. The molecule has 0 aliphatic carbocycles. The van der Waals surface area contributed by atoms with E-state index in [1.54, 1.807) is 57.2 Å². The van der Waals surface area contributed by atoms with Crippen LogP contribution < -0.4 is 15.4 Å². The van der Waals surface area contributed by atoms with Gasteiger partial charge in [0.15, 0.2) is 0 Å². The first-order valence-electron chi connectivity index (χ1n) is 8.40. The van der Waals surface area contributed by atoms with Crippen molar-refractivity contribution in [2.24, 2.45) is 0 Å². The lowest BCUT2D eigenvalue weighted by Gasteiger charge is -2.19. The lowest BCUT2D eigenvalue weighted by atomic mass is 10.1. The Balaban J connectivity index is 2.09. The van der Waals surface area contributed by atoms with Crippen molar-refractivity contribution in [3.8, 4) is 0 Å². The topological polar surface area (TPSA) is 114 Å². The molecule has 0 atom stereocenters. The fraction of sp³-hybridized carbons (Fsp3) is 0.263. The second kappa shape index (κ2) is 8.30. The smallest absolute Gasteiger partial charge is 0.412 e. The maximum Gasteiger partial charge on any atom is 0.412 e. The second-order valence-corrected chi connectivity index (χ2v) is 8.87. The summed E-state index contributed by atoms with van der Waals surface area (Å²) in [6.45, 7) is 5.26. The van der Waals surface area contributed by atoms with E-state index in [1.807, 2.05) is 0 Å². The Labute approximate surface area is 164 Å². The summed E-state index contributed by atoms with van der Waals surface area (Å²) in [6, 6.07) is 12.7. The third-order valence-corrected chi connectivity index (χ3v) is 3.80. The van der Waals surface area contributed by atoms with Crippen molar-refractivity contribution < 1.29 is 22.7 Å². The first-order chi connectivity index (χ1) is 12.9. The van der Waals surface area contributed by atoms with Crippen molar-refractivity contribution >= 4 is 39.1 Å². The highest BCUT2D eigenvalue weighted by molar-refractivity contribution is 7.92. The fourth-order valence-electron chi connectivity index (χ4n) is 2.24. The van der Waals surface area contributed by atoms with E-state index in [1.165, 1.54) is 12.1 Å². The van der Waals surface area contributed by atoms with Crippen LogP contribution in [-0.4, -0.2) is 32.3 Å². The minimum Gasteiger partial charge on any atom is -0.444 e. The molecule has 0 aliphatic heterocycles. The highest BCUT2D eigenvalue weighted by Crippen LogP contribution is 2.18. The molecule has 2 amide bonds. The van der Waals surface area contributed by atoms with E-state index >= 15 is 0 Å². The summed E-state index contributed by atoms with van der Waals surface area (Å²) in [6.07, 6.45) is 0.422. The quantitative estimate of drug-likeness (QED) is 0.702. The molecule has 0 saturated heterocycles. The van der Waals surface area contributed by atoms with E-state index in [9.17, 15) is 18.0 Å². The number of carbonyl (C=O) groups excluding carboxylic acids is 2. The number of anilines is 3. The molecule has 0 heterocycles. The number of hydrogen-bond acceptors (Lipinski definition) is 5. The highest BCUT2D eigenvalue weighted by Gasteiger charge is 2.16. The van der Waals surface area contributed by atoms with Crippen LogP contribution in [0.25, 0.3) is 0 Å². The summed E-state index contributed by atoms with van der Waals surface area (Å²) in [7, 11) is -3.42. The SMILES string of the molecule is CC(C)(C)OC(=O)Nc1cccc(C(=O)Nc2cccc(NS(C)(=O)=O)c2)c1. The summed E-state index contributed by atoms with van der Waals surface area (Å²) >= 11 is 0. The monoisotopic (exact) mass is 405 g/mol. The number of sulfonamides is 1. The zero-order chi connectivity index (χ0) is 20.9. The average molecular weight is 405 g/mol. The van der Waals surface area contributed by atoms with Crippen LogP contribution in [0.1, 0.15) is 31.1 Å². The molecule has 9 heteroatoms. The molecule has 0 fully saturated rings. The number of amides is 2. The van der Waals surface area contributed by atoms with E-state index < -0.39 is 27.6 Å². The van der Waals surface area contributed by atoms with Crippen LogP contribution in [0.15, 0.2) is 48.5 Å². The molecule has 0 aliphatic rings. The van der Waals surface area contributed by atoms with Crippen LogP contribution in [0.3, 0.4) is 0 Å². The van der Waals surface area contributed by atoms with Gasteiger partial charge in [-0.25, -0.2) is 13.2 Å². The molecule has 28 heavy (non-hydrogen) atoms. The molecule has 2 rings (SSSR count). The number of benzene rings is 2. The molecular weight excluding hydrogens is 382 g/mol. The maximum absolute atomic E-state index is 12.5. The van der Waals surface area contributed by atoms with E-state index in [4.69, 9.17) is 4.74 Å². The van der Waals surface area contributed by atoms with Gasteiger partial charge in [-0.3, -0.25) is 14.8 Å². The lowest BCUT2D eigenvalue weighted by Crippen LogP contribution is -2.27. The van der Waals surface area contributed by atoms with Crippen molar-refractivity contribution in [3.63, 3.8) is 0 Å². The largest absolute Gasteiger partial charge is 0.444 e. The predicted molar refractivity (Wildman–Crippen MR) is 109 cm³/mol. The summed E-state index contributed by atoms with van der Waals surface area (Å²) in [5.41, 5.74) is 0.846. The Morgan fingerprint density at radius 2 is 1.46 bits per heavy atom. The first kappa shape index (κ1) is 21.2. The third-order valence-electron chi connectivity index (χ3n) is 3.19. The second-order valence-electron chi connectivity index (χ2n) is 7.12. The van der Waals surface area contributed by atoms with Gasteiger partial charge in [0.05, 0.1) is 11.9 Å². The van der Waals surface area contributed by atoms with Crippen LogP contribution >= 0.6 is 0 Å². The van der Waals surface area contributed by atoms with E-state index in [0.29, 0.717) is 22.6 Å². The van der Waals surface area contributed by atoms with Gasteiger partial charge in [-0.05, 0) is 57.2 Å². The average Bonchev–Trinajstić information content (AvgIpc) is 2.51. The van der Waals surface area contributed by atoms with Crippen molar-refractivity contribution in [3.05, 3.63) is 54.1 Å². The van der Waals surface area contributed by atoms with Crippen molar-refractivity contribution in [1.82, 2.24) is 0 Å². The van der Waals surface area contributed by atoms with Crippen molar-refractivity contribution in [1.29, 1.82) is 0 Å². The zero-order valence-corrected chi connectivity index (χ0v) is 16.9. The molecule has 2 aromatic carbocycles. The Hall–Kier alpha value is -3.07. The van der Waals surface area contributed by atoms with Crippen LogP contribution in [0.4, 0.5) is 21.9 Å². The normalized spacial score (nSPS) is 11.4. The van der Waals surface area contributed by atoms with Crippen molar-refractivity contribution in [2.75, 3.05) is 21.6 Å². The fourth-order valence-corrected chi connectivity index (χ4v) is 2.79. The van der Waals surface area contributed by atoms with Gasteiger partial charge in [0.25, 0.3) is 5.91 Å². The molecule has 0 aromatic heterocycles. The summed E-state index contributed by atoms with van der Waals surface area (Å²) in [4.78, 5) is 24.3. The Morgan fingerprint density at radius 1 is 0.893 bits per heavy atom. The number of hydrogen-bond donors (Lipinski definition) is 3. The van der Waals surface area contributed by atoms with Gasteiger partial charge >= 0.3 is 6.09 Å². The minimum absolute atomic E-state index is 0.315. The van der Waals surface area contributed by atoms with Gasteiger partial charge in [-0.15, -0.1) is 0 Å². The van der Waals surface area contributed by atoms with E-state index in [0.717, 1.165) is 6.26 Å². The van der Waals surface area contributed by atoms with Gasteiger partial charge in [0, 0.05) is 16.9 Å². The first-order valence-corrected chi connectivity index (χ1v) is 10.3. The molecule has 0 radical (unpaired) electrons. The van der Waals surface area contributed by atoms with Crippen LogP contribution in [0.5, 0.6) is 0 Å². The Bertz CT molecular complexity index is 981. The van der Waals surface area contributed by atoms with Crippen LogP contribution in [-0.2, 0) is 14.8 Å². The van der Waals surface area contributed by atoms with Gasteiger partial charge < -0.3 is 10.1 Å². The molecule has 0 saturated carbocycles. The number of rotatable bonds is 5. The molecule has 3 N–H and O–H groups in total. The van der Waals surface area contributed by atoms with Crippen LogP contribution in [0.2, 0.25) is 0 Å². The van der Waals surface area contributed by atoms with Crippen LogP contribution in [0, 0.1) is 0 Å². The van der Waals surface area contributed by atoms with Gasteiger partial charge in [0.1, 0.15) is 5.60 Å². The molecular formula is C19H23N3O5S. The number of nitrogens with one attached hydrogen (secondary N) is 3. The number of carbonyl (C=O) groups is 2. The minimum atomic E-state index is -3.42. The van der Waals surface area contributed by atoms with Gasteiger partial charge in [-0.1, -0.05) is 12.1 Å². The highest BCUT2D eigenvalue weighted by atomic mass is 32.2. The number of ether oxygens (including phenoxy) is 1. The Morgan fingerprint density at radius 3 is 2.07 bits per heavy atom. The summed E-state index contributed by atoms with van der Waals surface area (Å²) < 4.78 is 30.2. The summed E-state index contributed by atoms with van der Waals surface area (Å²) in [5.74, 6) is -0.413. The zero-order valence-electron chi connectivity index (χ0n) is 16.1. The molecule has 0 bridgehead atoms. The third kappa shape index (κ3) is 7.28. The van der Waals surface area contributed by atoms with E-state index in [2.05, 4.69) is 15.4 Å². The van der Waals surface area contributed by atoms with Gasteiger partial charge in [-0.2, -0.15) is 0 Å². The molecule has 150 valence electrons. The molecule has 0 unspecified atom stereocenters. The van der Waals surface area contributed by atoms with Gasteiger partial charge in [0.2, 0.25) is 10.0 Å². The predicted octanol–water partition coefficient (Wildman–Crippen LogP) is 3.66. The molecule has 8 nitrogen and oxygen atoms in total. The summed E-state index contributed by atoms with van der Waals surface area (Å²) in [5, 5.41) is 5.26. The van der Waals surface area contributed by atoms with E-state index in [-0.39, 0.29) is 0 Å². The standard InChI is InChI=1S/C19H23N3O5S/c1-19(2,3)27-18(24)21-14-8-5-7-13(11-14)17(23)20-15-9-6-10-16(12-15)22-28(4,25)26/h5-12,22H,1-4H3,(H,20,23)(H,21,24). The Kier molecular flexibility index (Phi) is 6.30.